The second kappa shape index (κ2) is 6.15. The van der Waals surface area contributed by atoms with Crippen LogP contribution in [0.3, 0.4) is 0 Å². The summed E-state index contributed by atoms with van der Waals surface area (Å²) in [6.45, 7) is 5.79. The Labute approximate surface area is 117 Å². The Bertz CT molecular complexity index is 451. The molecule has 0 aromatic heterocycles. The zero-order valence-corrected chi connectivity index (χ0v) is 12.6. The first-order valence-corrected chi connectivity index (χ1v) is 6.89. The summed E-state index contributed by atoms with van der Waals surface area (Å²) < 4.78 is 0. The van der Waals surface area contributed by atoms with Crippen LogP contribution in [0.2, 0.25) is 0 Å². The molecular weight excluding hydrogens is 290 g/mol. The van der Waals surface area contributed by atoms with Crippen LogP contribution in [-0.2, 0) is 17.6 Å². The lowest BCUT2D eigenvalue weighted by Crippen LogP contribution is -2.29. The van der Waals surface area contributed by atoms with Crippen LogP contribution < -0.4 is 0 Å². The van der Waals surface area contributed by atoms with Crippen molar-refractivity contribution in [2.24, 2.45) is 5.41 Å². The fourth-order valence-corrected chi connectivity index (χ4v) is 2.71. The molecule has 0 aliphatic carbocycles. The zero-order valence-electron chi connectivity index (χ0n) is 11.0. The van der Waals surface area contributed by atoms with Gasteiger partial charge in [0.1, 0.15) is 0 Å². The van der Waals surface area contributed by atoms with E-state index in [1.165, 1.54) is 0 Å². The first-order valence-electron chi connectivity index (χ1n) is 5.97. The van der Waals surface area contributed by atoms with Gasteiger partial charge in [0.05, 0.1) is 17.3 Å². The van der Waals surface area contributed by atoms with E-state index < -0.39 is 0 Å². The summed E-state index contributed by atoms with van der Waals surface area (Å²) in [5.41, 5.74) is 1.79. The molecule has 0 spiro atoms. The summed E-state index contributed by atoms with van der Waals surface area (Å²) in [5.74, 6) is 0.212. The lowest BCUT2D eigenvalue weighted by Gasteiger charge is -2.20. The second-order valence-electron chi connectivity index (χ2n) is 5.44. The van der Waals surface area contributed by atoms with Crippen molar-refractivity contribution in [3.05, 3.63) is 35.4 Å². The fraction of sp³-hybridized carbons (Fsp3) is 0.467. The summed E-state index contributed by atoms with van der Waals surface area (Å²) >= 11 is 3.46. The third kappa shape index (κ3) is 4.27. The fourth-order valence-electron chi connectivity index (χ4n) is 1.65. The van der Waals surface area contributed by atoms with E-state index >= 15 is 0 Å². The molecule has 1 aromatic carbocycles. The summed E-state index contributed by atoms with van der Waals surface area (Å²) in [7, 11) is 0. The minimum absolute atomic E-state index is 0.153. The standard InChI is InChI=1S/C15H18BrNO/c1-15(2,3)14(18)13(16)10-12-6-4-11(5-7-12)8-9-17/h4-7,13H,8,10H2,1-3H3. The molecule has 0 radical (unpaired) electrons. The first kappa shape index (κ1) is 14.9. The van der Waals surface area contributed by atoms with Crippen molar-refractivity contribution < 1.29 is 4.79 Å². The minimum atomic E-state index is -0.324. The minimum Gasteiger partial charge on any atom is -0.298 e. The van der Waals surface area contributed by atoms with Gasteiger partial charge in [-0.25, -0.2) is 0 Å². The topological polar surface area (TPSA) is 40.9 Å². The Balaban J connectivity index is 2.68. The summed E-state index contributed by atoms with van der Waals surface area (Å²) in [6.07, 6.45) is 1.11. The van der Waals surface area contributed by atoms with Crippen LogP contribution in [0, 0.1) is 16.7 Å². The molecule has 0 heterocycles. The van der Waals surface area contributed by atoms with Crippen molar-refractivity contribution in [3.8, 4) is 6.07 Å². The molecule has 0 bridgehead atoms. The van der Waals surface area contributed by atoms with Crippen LogP contribution in [0.15, 0.2) is 24.3 Å². The van der Waals surface area contributed by atoms with E-state index in [4.69, 9.17) is 5.26 Å². The molecule has 18 heavy (non-hydrogen) atoms. The van der Waals surface area contributed by atoms with Gasteiger partial charge in [-0.1, -0.05) is 61.0 Å². The number of ketones is 1. The lowest BCUT2D eigenvalue weighted by molar-refractivity contribution is -0.125. The number of alkyl halides is 1. The van der Waals surface area contributed by atoms with Crippen LogP contribution in [0.4, 0.5) is 0 Å². The summed E-state index contributed by atoms with van der Waals surface area (Å²) in [5, 5.41) is 8.59. The second-order valence-corrected chi connectivity index (χ2v) is 6.54. The molecule has 0 aliphatic rings. The third-order valence-electron chi connectivity index (χ3n) is 2.74. The molecule has 3 heteroatoms. The Morgan fingerprint density at radius 1 is 1.28 bits per heavy atom. The molecule has 1 aromatic rings. The number of halogens is 1. The van der Waals surface area contributed by atoms with Gasteiger partial charge >= 0.3 is 0 Å². The number of nitriles is 1. The number of carbonyl (C=O) groups is 1. The molecule has 0 fully saturated rings. The molecule has 96 valence electrons. The lowest BCUT2D eigenvalue weighted by atomic mass is 9.87. The highest BCUT2D eigenvalue weighted by Gasteiger charge is 2.27. The predicted octanol–water partition coefficient (Wildman–Crippen LogP) is 3.67. The van der Waals surface area contributed by atoms with Crippen molar-refractivity contribution in [2.75, 3.05) is 0 Å². The number of carbonyl (C=O) groups excluding carboxylic acids is 1. The number of rotatable bonds is 4. The Morgan fingerprint density at radius 3 is 2.22 bits per heavy atom. The van der Waals surface area contributed by atoms with E-state index in [1.807, 2.05) is 45.0 Å². The van der Waals surface area contributed by atoms with Crippen molar-refractivity contribution >= 4 is 21.7 Å². The molecule has 0 saturated carbocycles. The first-order chi connectivity index (χ1) is 8.34. The maximum Gasteiger partial charge on any atom is 0.152 e. The molecule has 0 amide bonds. The van der Waals surface area contributed by atoms with Gasteiger partial charge in [-0.3, -0.25) is 4.79 Å². The average Bonchev–Trinajstić information content (AvgIpc) is 2.30. The number of Topliss-reactive ketones (excluding diaryl/α,β-unsaturated/α-hetero) is 1. The Morgan fingerprint density at radius 2 is 1.78 bits per heavy atom. The quantitative estimate of drug-likeness (QED) is 0.796. The van der Waals surface area contributed by atoms with Gasteiger partial charge in [-0.15, -0.1) is 0 Å². The van der Waals surface area contributed by atoms with Crippen LogP contribution in [0.25, 0.3) is 0 Å². The van der Waals surface area contributed by atoms with Crippen LogP contribution in [0.5, 0.6) is 0 Å². The van der Waals surface area contributed by atoms with Crippen LogP contribution >= 0.6 is 15.9 Å². The van der Waals surface area contributed by atoms with Gasteiger partial charge in [0, 0.05) is 5.41 Å². The molecule has 0 aliphatic heterocycles. The van der Waals surface area contributed by atoms with Gasteiger partial charge in [0.15, 0.2) is 5.78 Å². The van der Waals surface area contributed by atoms with Gasteiger partial charge in [0.2, 0.25) is 0 Å². The maximum atomic E-state index is 12.0. The normalized spacial score (nSPS) is 12.8. The molecule has 1 unspecified atom stereocenters. The summed E-state index contributed by atoms with van der Waals surface area (Å²) in [6, 6.07) is 9.97. The average molecular weight is 308 g/mol. The number of benzene rings is 1. The Hall–Kier alpha value is -1.14. The highest BCUT2D eigenvalue weighted by Crippen LogP contribution is 2.23. The van der Waals surface area contributed by atoms with Crippen molar-refractivity contribution in [3.63, 3.8) is 0 Å². The number of nitrogens with zero attached hydrogens (tertiary/aromatic N) is 1. The maximum absolute atomic E-state index is 12.0. The highest BCUT2D eigenvalue weighted by molar-refractivity contribution is 9.10. The molecular formula is C15H18BrNO. The zero-order chi connectivity index (χ0) is 13.8. The van der Waals surface area contributed by atoms with Gasteiger partial charge in [-0.05, 0) is 17.5 Å². The van der Waals surface area contributed by atoms with Gasteiger partial charge < -0.3 is 0 Å². The molecule has 2 nitrogen and oxygen atoms in total. The molecule has 0 saturated heterocycles. The summed E-state index contributed by atoms with van der Waals surface area (Å²) in [4.78, 5) is 11.9. The van der Waals surface area contributed by atoms with Gasteiger partial charge in [0.25, 0.3) is 0 Å². The largest absolute Gasteiger partial charge is 0.298 e. The van der Waals surface area contributed by atoms with Crippen molar-refractivity contribution in [1.82, 2.24) is 0 Å². The smallest absolute Gasteiger partial charge is 0.152 e. The SMILES string of the molecule is CC(C)(C)C(=O)C(Br)Cc1ccc(CC#N)cc1. The molecule has 0 N–H and O–H groups in total. The highest BCUT2D eigenvalue weighted by atomic mass is 79.9. The Kier molecular flexibility index (Phi) is 5.10. The predicted molar refractivity (Wildman–Crippen MR) is 76.6 cm³/mol. The number of hydrogen-bond donors (Lipinski definition) is 0. The van der Waals surface area contributed by atoms with Crippen LogP contribution in [0.1, 0.15) is 31.9 Å². The molecule has 1 atom stereocenters. The van der Waals surface area contributed by atoms with Crippen molar-refractivity contribution in [2.45, 2.75) is 38.4 Å². The van der Waals surface area contributed by atoms with E-state index in [0.29, 0.717) is 12.8 Å². The van der Waals surface area contributed by atoms with E-state index in [9.17, 15) is 4.79 Å². The molecule has 1 rings (SSSR count). The number of hydrogen-bond acceptors (Lipinski definition) is 2. The third-order valence-corrected chi connectivity index (χ3v) is 3.48. The van der Waals surface area contributed by atoms with E-state index in [0.717, 1.165) is 11.1 Å². The monoisotopic (exact) mass is 307 g/mol. The van der Waals surface area contributed by atoms with E-state index in [-0.39, 0.29) is 16.0 Å². The van der Waals surface area contributed by atoms with Gasteiger partial charge in [-0.2, -0.15) is 5.26 Å². The van der Waals surface area contributed by atoms with Crippen LogP contribution in [-0.4, -0.2) is 10.6 Å². The van der Waals surface area contributed by atoms with Crippen molar-refractivity contribution in [1.29, 1.82) is 5.26 Å². The van der Waals surface area contributed by atoms with E-state index in [1.54, 1.807) is 0 Å². The van der Waals surface area contributed by atoms with E-state index in [2.05, 4.69) is 22.0 Å².